The van der Waals surface area contributed by atoms with Crippen LogP contribution in [0.4, 0.5) is 5.13 Å². The van der Waals surface area contributed by atoms with Crippen LogP contribution in [-0.2, 0) is 0 Å². The summed E-state index contributed by atoms with van der Waals surface area (Å²) in [4.78, 5) is 18.3. The van der Waals surface area contributed by atoms with Crippen LogP contribution >= 0.6 is 22.7 Å². The van der Waals surface area contributed by atoms with Gasteiger partial charge in [0.15, 0.2) is 5.13 Å². The second kappa shape index (κ2) is 5.78. The van der Waals surface area contributed by atoms with Gasteiger partial charge in [-0.1, -0.05) is 23.2 Å². The van der Waals surface area contributed by atoms with Crippen molar-refractivity contribution in [3.8, 4) is 11.8 Å². The molecule has 0 bridgehead atoms. The molecule has 18 heavy (non-hydrogen) atoms. The number of nitrogens with one attached hydrogen (secondary N) is 1. The van der Waals surface area contributed by atoms with Crippen molar-refractivity contribution in [2.75, 3.05) is 11.9 Å². The number of aromatic nitrogens is 1. The fourth-order valence-corrected chi connectivity index (χ4v) is 2.68. The Morgan fingerprint density at radius 3 is 3.00 bits per heavy atom. The number of hydrogen-bond acceptors (Lipinski definition) is 5. The van der Waals surface area contributed by atoms with Gasteiger partial charge in [-0.2, -0.15) is 0 Å². The number of amides is 1. The summed E-state index contributed by atoms with van der Waals surface area (Å²) in [6.45, 7) is 1.77. The predicted octanol–water partition coefficient (Wildman–Crippen LogP) is 2.11. The molecular formula is C12H10N2O2S2. The standard InChI is InChI=1S/C12H10N2O2S2/c1-8-4-5-10(17-8)11(16)14-12-13-7-9(18-12)3-2-6-15/h4-5,7,15H,6H2,1H3,(H,13,14,16). The van der Waals surface area contributed by atoms with E-state index in [0.717, 1.165) is 4.88 Å². The van der Waals surface area contributed by atoms with Crippen LogP contribution in [0.5, 0.6) is 0 Å². The first-order valence-electron chi connectivity index (χ1n) is 5.12. The number of carbonyl (C=O) groups excluding carboxylic acids is 1. The highest BCUT2D eigenvalue weighted by Crippen LogP contribution is 2.20. The maximum Gasteiger partial charge on any atom is 0.267 e. The molecule has 0 fully saturated rings. The van der Waals surface area contributed by atoms with Gasteiger partial charge in [-0.3, -0.25) is 10.1 Å². The van der Waals surface area contributed by atoms with Crippen molar-refractivity contribution in [1.29, 1.82) is 0 Å². The number of rotatable bonds is 2. The van der Waals surface area contributed by atoms with Gasteiger partial charge < -0.3 is 5.11 Å². The number of thiophene rings is 1. The summed E-state index contributed by atoms with van der Waals surface area (Å²) in [6, 6.07) is 3.69. The quantitative estimate of drug-likeness (QED) is 0.827. The molecule has 0 aromatic carbocycles. The number of thiazole rings is 1. The lowest BCUT2D eigenvalue weighted by Crippen LogP contribution is -2.09. The first kappa shape index (κ1) is 12.8. The summed E-state index contributed by atoms with van der Waals surface area (Å²) in [5, 5.41) is 11.8. The molecule has 2 rings (SSSR count). The monoisotopic (exact) mass is 278 g/mol. The van der Waals surface area contributed by atoms with Gasteiger partial charge in [0, 0.05) is 4.88 Å². The van der Waals surface area contributed by atoms with Crippen LogP contribution in [0.15, 0.2) is 18.3 Å². The second-order valence-corrected chi connectivity index (χ2v) is 5.67. The van der Waals surface area contributed by atoms with Crippen LogP contribution in [0.2, 0.25) is 0 Å². The maximum absolute atomic E-state index is 11.8. The summed E-state index contributed by atoms with van der Waals surface area (Å²) in [5.74, 6) is 5.11. The van der Waals surface area contributed by atoms with Crippen molar-refractivity contribution in [2.24, 2.45) is 0 Å². The van der Waals surface area contributed by atoms with Gasteiger partial charge in [-0.15, -0.1) is 11.3 Å². The Kier molecular flexibility index (Phi) is 4.10. The van der Waals surface area contributed by atoms with E-state index in [1.807, 2.05) is 13.0 Å². The van der Waals surface area contributed by atoms with Crippen molar-refractivity contribution in [2.45, 2.75) is 6.92 Å². The lowest BCUT2D eigenvalue weighted by molar-refractivity contribution is 0.103. The summed E-state index contributed by atoms with van der Waals surface area (Å²) in [5.41, 5.74) is 0. The zero-order chi connectivity index (χ0) is 13.0. The Balaban J connectivity index is 2.05. The third kappa shape index (κ3) is 3.17. The molecule has 0 aliphatic rings. The first-order valence-corrected chi connectivity index (χ1v) is 6.75. The van der Waals surface area contributed by atoms with Crippen LogP contribution in [-0.4, -0.2) is 22.6 Å². The van der Waals surface area contributed by atoms with Crippen molar-refractivity contribution >= 4 is 33.7 Å². The Morgan fingerprint density at radius 1 is 1.50 bits per heavy atom. The average molecular weight is 278 g/mol. The molecule has 2 heterocycles. The Hall–Kier alpha value is -1.68. The minimum absolute atomic E-state index is 0.163. The van der Waals surface area contributed by atoms with E-state index in [0.29, 0.717) is 14.9 Å². The molecule has 0 aliphatic heterocycles. The Bertz CT molecular complexity index is 619. The molecule has 0 radical (unpaired) electrons. The fourth-order valence-electron chi connectivity index (χ4n) is 1.23. The summed E-state index contributed by atoms with van der Waals surface area (Å²) >= 11 is 2.72. The second-order valence-electron chi connectivity index (χ2n) is 3.35. The normalized spacial score (nSPS) is 9.67. The highest BCUT2D eigenvalue weighted by molar-refractivity contribution is 7.16. The summed E-state index contributed by atoms with van der Waals surface area (Å²) in [6.07, 6.45) is 1.57. The van der Waals surface area contributed by atoms with E-state index < -0.39 is 0 Å². The molecular weight excluding hydrogens is 268 g/mol. The fraction of sp³-hybridized carbons (Fsp3) is 0.167. The van der Waals surface area contributed by atoms with E-state index in [1.165, 1.54) is 22.7 Å². The van der Waals surface area contributed by atoms with E-state index >= 15 is 0 Å². The number of aliphatic hydroxyl groups excluding tert-OH is 1. The topological polar surface area (TPSA) is 62.2 Å². The lowest BCUT2D eigenvalue weighted by Gasteiger charge is -1.96. The number of nitrogens with zero attached hydrogens (tertiary/aromatic N) is 1. The number of aliphatic hydroxyl groups is 1. The van der Waals surface area contributed by atoms with Gasteiger partial charge in [0.25, 0.3) is 5.91 Å². The molecule has 4 nitrogen and oxygen atoms in total. The number of aryl methyl sites for hydroxylation is 1. The molecule has 2 N–H and O–H groups in total. The molecule has 1 amide bonds. The zero-order valence-corrected chi connectivity index (χ0v) is 11.2. The van der Waals surface area contributed by atoms with Crippen molar-refractivity contribution in [3.05, 3.63) is 33.0 Å². The minimum Gasteiger partial charge on any atom is -0.384 e. The summed E-state index contributed by atoms with van der Waals surface area (Å²) < 4.78 is 0. The van der Waals surface area contributed by atoms with Gasteiger partial charge >= 0.3 is 0 Å². The number of anilines is 1. The molecule has 0 atom stereocenters. The van der Waals surface area contributed by atoms with E-state index in [4.69, 9.17) is 5.11 Å². The van der Waals surface area contributed by atoms with Crippen LogP contribution in [0, 0.1) is 18.8 Å². The molecule has 0 spiro atoms. The smallest absolute Gasteiger partial charge is 0.267 e. The van der Waals surface area contributed by atoms with Gasteiger partial charge in [0.05, 0.1) is 16.0 Å². The SMILES string of the molecule is Cc1ccc(C(=O)Nc2ncc(C#CCO)s2)s1. The molecule has 2 aromatic rings. The zero-order valence-electron chi connectivity index (χ0n) is 9.56. The third-order valence-corrected chi connectivity index (χ3v) is 3.81. The van der Waals surface area contributed by atoms with Crippen molar-refractivity contribution in [1.82, 2.24) is 4.98 Å². The van der Waals surface area contributed by atoms with Crippen LogP contribution in [0.3, 0.4) is 0 Å². The van der Waals surface area contributed by atoms with Crippen LogP contribution in [0.1, 0.15) is 19.4 Å². The highest BCUT2D eigenvalue weighted by Gasteiger charge is 2.10. The Morgan fingerprint density at radius 2 is 2.33 bits per heavy atom. The lowest BCUT2D eigenvalue weighted by atomic mass is 10.4. The summed E-state index contributed by atoms with van der Waals surface area (Å²) in [7, 11) is 0. The van der Waals surface area contributed by atoms with E-state index in [-0.39, 0.29) is 12.5 Å². The number of carbonyl (C=O) groups is 1. The molecule has 0 saturated carbocycles. The molecule has 0 unspecified atom stereocenters. The number of hydrogen-bond donors (Lipinski definition) is 2. The van der Waals surface area contributed by atoms with E-state index in [2.05, 4.69) is 22.1 Å². The largest absolute Gasteiger partial charge is 0.384 e. The van der Waals surface area contributed by atoms with Gasteiger partial charge in [0.1, 0.15) is 6.61 Å². The van der Waals surface area contributed by atoms with Crippen molar-refractivity contribution in [3.63, 3.8) is 0 Å². The highest BCUT2D eigenvalue weighted by atomic mass is 32.1. The van der Waals surface area contributed by atoms with Crippen LogP contribution in [0.25, 0.3) is 0 Å². The molecule has 6 heteroatoms. The third-order valence-electron chi connectivity index (χ3n) is 1.98. The minimum atomic E-state index is -0.186. The van der Waals surface area contributed by atoms with Gasteiger partial charge in [0.2, 0.25) is 0 Å². The molecule has 0 aliphatic carbocycles. The van der Waals surface area contributed by atoms with E-state index in [9.17, 15) is 4.79 Å². The molecule has 92 valence electrons. The van der Waals surface area contributed by atoms with Crippen LogP contribution < -0.4 is 5.32 Å². The average Bonchev–Trinajstić information content (AvgIpc) is 2.96. The van der Waals surface area contributed by atoms with E-state index in [1.54, 1.807) is 12.3 Å². The maximum atomic E-state index is 11.8. The molecule has 0 saturated heterocycles. The van der Waals surface area contributed by atoms with Gasteiger partial charge in [-0.25, -0.2) is 4.98 Å². The Labute approximate surface area is 112 Å². The van der Waals surface area contributed by atoms with Gasteiger partial charge in [-0.05, 0) is 19.1 Å². The molecule has 2 aromatic heterocycles. The van der Waals surface area contributed by atoms with Crippen molar-refractivity contribution < 1.29 is 9.90 Å². The first-order chi connectivity index (χ1) is 8.69. The predicted molar refractivity (Wildman–Crippen MR) is 73.1 cm³/mol.